The molecule has 0 amide bonds. The number of hydrogen-bond acceptors (Lipinski definition) is 3. The van der Waals surface area contributed by atoms with Crippen molar-refractivity contribution in [1.29, 1.82) is 5.26 Å². The molecule has 0 radical (unpaired) electrons. The summed E-state index contributed by atoms with van der Waals surface area (Å²) in [7, 11) is 0. The molecule has 0 aliphatic carbocycles. The highest BCUT2D eigenvalue weighted by Gasteiger charge is 2.07. The molecule has 3 nitrogen and oxygen atoms in total. The molecule has 0 saturated heterocycles. The van der Waals surface area contributed by atoms with Crippen molar-refractivity contribution >= 4 is 11.4 Å². The topological polar surface area (TPSA) is 61.8 Å². The van der Waals surface area contributed by atoms with Gasteiger partial charge in [-0.05, 0) is 30.7 Å². The minimum Gasteiger partial charge on any atom is -0.397 e. The number of nitrogens with two attached hydrogens (primary N) is 1. The van der Waals surface area contributed by atoms with Gasteiger partial charge in [0.25, 0.3) is 0 Å². The van der Waals surface area contributed by atoms with E-state index in [1.165, 1.54) is 5.56 Å². The zero-order valence-corrected chi connectivity index (χ0v) is 10.2. The Morgan fingerprint density at radius 3 is 2.56 bits per heavy atom. The van der Waals surface area contributed by atoms with E-state index in [4.69, 9.17) is 11.0 Å². The molecular formula is C15H15N3. The SMILES string of the molecule is C[C@@H](Nc1cc(C#N)ccc1N)c1ccccc1. The zero-order valence-electron chi connectivity index (χ0n) is 10.2. The predicted molar refractivity (Wildman–Crippen MR) is 74.0 cm³/mol. The van der Waals surface area contributed by atoms with Crippen LogP contribution < -0.4 is 11.1 Å². The summed E-state index contributed by atoms with van der Waals surface area (Å²) in [6.07, 6.45) is 0. The summed E-state index contributed by atoms with van der Waals surface area (Å²) >= 11 is 0. The van der Waals surface area contributed by atoms with Gasteiger partial charge in [-0.1, -0.05) is 30.3 Å². The molecule has 0 fully saturated rings. The van der Waals surface area contributed by atoms with Crippen LogP contribution in [0.25, 0.3) is 0 Å². The van der Waals surface area contributed by atoms with Crippen LogP contribution in [0.1, 0.15) is 24.1 Å². The lowest BCUT2D eigenvalue weighted by Gasteiger charge is -2.17. The first kappa shape index (κ1) is 12.0. The molecule has 3 heteroatoms. The van der Waals surface area contributed by atoms with E-state index in [-0.39, 0.29) is 6.04 Å². The van der Waals surface area contributed by atoms with E-state index in [2.05, 4.69) is 30.4 Å². The van der Waals surface area contributed by atoms with Gasteiger partial charge >= 0.3 is 0 Å². The predicted octanol–water partition coefficient (Wildman–Crippen LogP) is 3.31. The number of nitrogen functional groups attached to an aromatic ring is 1. The van der Waals surface area contributed by atoms with Gasteiger partial charge in [0, 0.05) is 6.04 Å². The van der Waals surface area contributed by atoms with E-state index in [0.29, 0.717) is 11.3 Å². The van der Waals surface area contributed by atoms with Crippen LogP contribution in [0, 0.1) is 11.3 Å². The first-order valence-corrected chi connectivity index (χ1v) is 5.82. The Kier molecular flexibility index (Phi) is 3.49. The Balaban J connectivity index is 2.22. The van der Waals surface area contributed by atoms with Crippen LogP contribution in [0.5, 0.6) is 0 Å². The van der Waals surface area contributed by atoms with Crippen molar-refractivity contribution in [2.75, 3.05) is 11.1 Å². The number of nitriles is 1. The first-order valence-electron chi connectivity index (χ1n) is 5.82. The van der Waals surface area contributed by atoms with Crippen molar-refractivity contribution in [2.45, 2.75) is 13.0 Å². The Morgan fingerprint density at radius 2 is 1.89 bits per heavy atom. The smallest absolute Gasteiger partial charge is 0.0992 e. The van der Waals surface area contributed by atoms with E-state index < -0.39 is 0 Å². The van der Waals surface area contributed by atoms with Crippen molar-refractivity contribution in [1.82, 2.24) is 0 Å². The van der Waals surface area contributed by atoms with Crippen molar-refractivity contribution in [2.24, 2.45) is 0 Å². The van der Waals surface area contributed by atoms with E-state index in [0.717, 1.165) is 5.69 Å². The fraction of sp³-hybridized carbons (Fsp3) is 0.133. The third-order valence-corrected chi connectivity index (χ3v) is 2.85. The van der Waals surface area contributed by atoms with Crippen LogP contribution in [0.15, 0.2) is 48.5 Å². The molecule has 0 saturated carbocycles. The molecule has 90 valence electrons. The van der Waals surface area contributed by atoms with Gasteiger partial charge < -0.3 is 11.1 Å². The first-order chi connectivity index (χ1) is 8.70. The van der Waals surface area contributed by atoms with E-state index >= 15 is 0 Å². The Morgan fingerprint density at radius 1 is 1.17 bits per heavy atom. The van der Waals surface area contributed by atoms with Crippen molar-refractivity contribution in [3.8, 4) is 6.07 Å². The fourth-order valence-electron chi connectivity index (χ4n) is 1.81. The minimum atomic E-state index is 0.141. The van der Waals surface area contributed by atoms with Gasteiger partial charge in [-0.3, -0.25) is 0 Å². The Bertz CT molecular complexity index is 570. The standard InChI is InChI=1S/C15H15N3/c1-11(13-5-3-2-4-6-13)18-15-9-12(10-16)7-8-14(15)17/h2-9,11,18H,17H2,1H3/t11-/m1/s1. The quantitative estimate of drug-likeness (QED) is 0.805. The lowest BCUT2D eigenvalue weighted by Crippen LogP contribution is -2.08. The molecule has 0 bridgehead atoms. The largest absolute Gasteiger partial charge is 0.397 e. The molecule has 2 rings (SSSR count). The van der Waals surface area contributed by atoms with Crippen LogP contribution in [0.2, 0.25) is 0 Å². The monoisotopic (exact) mass is 237 g/mol. The van der Waals surface area contributed by atoms with Crippen molar-refractivity contribution in [3.05, 3.63) is 59.7 Å². The molecule has 2 aromatic rings. The molecule has 0 aliphatic rings. The van der Waals surface area contributed by atoms with Gasteiger partial charge in [0.2, 0.25) is 0 Å². The van der Waals surface area contributed by atoms with Gasteiger partial charge in [-0.15, -0.1) is 0 Å². The van der Waals surface area contributed by atoms with Crippen molar-refractivity contribution in [3.63, 3.8) is 0 Å². The third kappa shape index (κ3) is 2.61. The highest BCUT2D eigenvalue weighted by molar-refractivity contribution is 5.68. The molecule has 0 heterocycles. The zero-order chi connectivity index (χ0) is 13.0. The normalized spacial score (nSPS) is 11.6. The van der Waals surface area contributed by atoms with Gasteiger partial charge in [0.05, 0.1) is 23.0 Å². The lowest BCUT2D eigenvalue weighted by molar-refractivity contribution is 0.885. The van der Waals surface area contributed by atoms with Crippen LogP contribution in [-0.2, 0) is 0 Å². The second-order valence-electron chi connectivity index (χ2n) is 4.19. The van der Waals surface area contributed by atoms with E-state index in [1.54, 1.807) is 18.2 Å². The summed E-state index contributed by atoms with van der Waals surface area (Å²) in [5.74, 6) is 0. The molecule has 2 aromatic carbocycles. The molecule has 1 atom stereocenters. The van der Waals surface area contributed by atoms with Crippen LogP contribution in [0.3, 0.4) is 0 Å². The molecular weight excluding hydrogens is 222 g/mol. The molecule has 0 unspecified atom stereocenters. The molecule has 0 aliphatic heterocycles. The maximum atomic E-state index is 8.89. The highest BCUT2D eigenvalue weighted by atomic mass is 14.9. The maximum absolute atomic E-state index is 8.89. The summed E-state index contributed by atoms with van der Waals surface area (Å²) in [5.41, 5.74) is 9.13. The van der Waals surface area contributed by atoms with E-state index in [1.807, 2.05) is 18.2 Å². The number of nitrogens with one attached hydrogen (secondary N) is 1. The molecule has 18 heavy (non-hydrogen) atoms. The van der Waals surface area contributed by atoms with E-state index in [9.17, 15) is 0 Å². The summed E-state index contributed by atoms with van der Waals surface area (Å²) in [5, 5.41) is 12.2. The Hall–Kier alpha value is -2.47. The van der Waals surface area contributed by atoms with Crippen molar-refractivity contribution < 1.29 is 0 Å². The number of hydrogen-bond donors (Lipinski definition) is 2. The van der Waals surface area contributed by atoms with Crippen LogP contribution >= 0.6 is 0 Å². The maximum Gasteiger partial charge on any atom is 0.0992 e. The van der Waals surface area contributed by atoms with Gasteiger partial charge in [0.1, 0.15) is 0 Å². The highest BCUT2D eigenvalue weighted by Crippen LogP contribution is 2.25. The van der Waals surface area contributed by atoms with Crippen LogP contribution in [-0.4, -0.2) is 0 Å². The molecule has 0 spiro atoms. The summed E-state index contributed by atoms with van der Waals surface area (Å²) in [6.45, 7) is 2.06. The number of anilines is 2. The summed E-state index contributed by atoms with van der Waals surface area (Å²) in [6, 6.07) is 17.6. The number of benzene rings is 2. The number of nitrogens with zero attached hydrogens (tertiary/aromatic N) is 1. The van der Waals surface area contributed by atoms with Gasteiger partial charge in [-0.25, -0.2) is 0 Å². The lowest BCUT2D eigenvalue weighted by atomic mass is 10.1. The van der Waals surface area contributed by atoms with Gasteiger partial charge in [0.15, 0.2) is 0 Å². The molecule has 3 N–H and O–H groups in total. The Labute approximate surface area is 107 Å². The van der Waals surface area contributed by atoms with Gasteiger partial charge in [-0.2, -0.15) is 5.26 Å². The molecule has 0 aromatic heterocycles. The average molecular weight is 237 g/mol. The second-order valence-corrected chi connectivity index (χ2v) is 4.19. The number of rotatable bonds is 3. The van der Waals surface area contributed by atoms with Crippen LogP contribution in [0.4, 0.5) is 11.4 Å². The average Bonchev–Trinajstić information content (AvgIpc) is 2.42. The minimum absolute atomic E-state index is 0.141. The fourth-order valence-corrected chi connectivity index (χ4v) is 1.81. The summed E-state index contributed by atoms with van der Waals surface area (Å²) < 4.78 is 0. The third-order valence-electron chi connectivity index (χ3n) is 2.85. The summed E-state index contributed by atoms with van der Waals surface area (Å²) in [4.78, 5) is 0. The second kappa shape index (κ2) is 5.24.